The quantitative estimate of drug-likeness (QED) is 0.736. The monoisotopic (exact) mass is 250 g/mol. The number of nitrogens with zero attached hydrogens (tertiary/aromatic N) is 2. The van der Waals surface area contributed by atoms with E-state index in [2.05, 4.69) is 9.98 Å². The van der Waals surface area contributed by atoms with Crippen molar-refractivity contribution in [2.45, 2.75) is 0 Å². The third kappa shape index (κ3) is 3.05. The van der Waals surface area contributed by atoms with E-state index in [4.69, 9.17) is 23.2 Å². The maximum absolute atomic E-state index is 5.86. The molecule has 0 bridgehead atoms. The molecule has 0 unspecified atom stereocenters. The molecule has 1 aromatic heterocycles. The van der Waals surface area contributed by atoms with E-state index in [9.17, 15) is 0 Å². The lowest BCUT2D eigenvalue weighted by atomic mass is 10.3. The Labute approximate surface area is 104 Å². The first-order valence-corrected chi connectivity index (χ1v) is 5.40. The van der Waals surface area contributed by atoms with Gasteiger partial charge >= 0.3 is 0 Å². The molecule has 0 aliphatic heterocycles. The molecule has 0 atom stereocenters. The largest absolute Gasteiger partial charge is 0.264 e. The van der Waals surface area contributed by atoms with Crippen LogP contribution in [0.4, 0.5) is 5.69 Å². The van der Waals surface area contributed by atoms with E-state index in [1.54, 1.807) is 36.8 Å². The van der Waals surface area contributed by atoms with Gasteiger partial charge in [-0.1, -0.05) is 29.3 Å². The number of hydrogen-bond donors (Lipinski definition) is 0. The van der Waals surface area contributed by atoms with Gasteiger partial charge < -0.3 is 0 Å². The molecule has 1 heterocycles. The number of rotatable bonds is 2. The molecular weight excluding hydrogens is 243 g/mol. The SMILES string of the molecule is Clc1cc(Cl)cc(N=Cc2cccnc2)c1. The predicted molar refractivity (Wildman–Crippen MR) is 68.0 cm³/mol. The van der Waals surface area contributed by atoms with E-state index in [0.717, 1.165) is 11.3 Å². The first-order valence-electron chi connectivity index (χ1n) is 4.64. The average Bonchev–Trinajstić information content (AvgIpc) is 2.27. The standard InChI is InChI=1S/C12H8Cl2N2/c13-10-4-11(14)6-12(5-10)16-8-9-2-1-3-15-7-9/h1-8H. The van der Waals surface area contributed by atoms with Crippen molar-refractivity contribution >= 4 is 35.1 Å². The Hall–Kier alpha value is -1.38. The van der Waals surface area contributed by atoms with Gasteiger partial charge in [-0.2, -0.15) is 0 Å². The highest BCUT2D eigenvalue weighted by molar-refractivity contribution is 6.35. The summed E-state index contributed by atoms with van der Waals surface area (Å²) < 4.78 is 0. The summed E-state index contributed by atoms with van der Waals surface area (Å²) >= 11 is 11.7. The van der Waals surface area contributed by atoms with E-state index in [-0.39, 0.29) is 0 Å². The minimum atomic E-state index is 0.575. The van der Waals surface area contributed by atoms with Crippen LogP contribution in [0.15, 0.2) is 47.7 Å². The summed E-state index contributed by atoms with van der Waals surface area (Å²) in [6.45, 7) is 0. The van der Waals surface area contributed by atoms with E-state index in [0.29, 0.717) is 10.0 Å². The van der Waals surface area contributed by atoms with Gasteiger partial charge in [0.25, 0.3) is 0 Å². The summed E-state index contributed by atoms with van der Waals surface area (Å²) in [5.74, 6) is 0. The van der Waals surface area contributed by atoms with Crippen molar-refractivity contribution in [3.8, 4) is 0 Å². The van der Waals surface area contributed by atoms with E-state index >= 15 is 0 Å². The first-order chi connectivity index (χ1) is 7.74. The van der Waals surface area contributed by atoms with Crippen LogP contribution in [-0.2, 0) is 0 Å². The van der Waals surface area contributed by atoms with Crippen LogP contribution >= 0.6 is 23.2 Å². The van der Waals surface area contributed by atoms with Crippen LogP contribution in [0, 0.1) is 0 Å². The third-order valence-electron chi connectivity index (χ3n) is 1.89. The summed E-state index contributed by atoms with van der Waals surface area (Å²) in [5.41, 5.74) is 1.65. The van der Waals surface area contributed by atoms with Crippen molar-refractivity contribution in [3.63, 3.8) is 0 Å². The zero-order valence-electron chi connectivity index (χ0n) is 8.27. The molecule has 4 heteroatoms. The van der Waals surface area contributed by atoms with Crippen LogP contribution in [0.5, 0.6) is 0 Å². The Morgan fingerprint density at radius 2 is 1.88 bits per heavy atom. The van der Waals surface area contributed by atoms with Gasteiger partial charge in [-0.05, 0) is 24.3 Å². The van der Waals surface area contributed by atoms with Crippen molar-refractivity contribution in [3.05, 3.63) is 58.3 Å². The smallest absolute Gasteiger partial charge is 0.0659 e. The molecule has 0 radical (unpaired) electrons. The second-order valence-corrected chi connectivity index (χ2v) is 4.05. The summed E-state index contributed by atoms with van der Waals surface area (Å²) in [7, 11) is 0. The molecule has 2 rings (SSSR count). The molecule has 80 valence electrons. The maximum Gasteiger partial charge on any atom is 0.0659 e. The van der Waals surface area contributed by atoms with Gasteiger partial charge in [0.15, 0.2) is 0 Å². The van der Waals surface area contributed by atoms with Crippen LogP contribution in [0.2, 0.25) is 10.0 Å². The molecule has 0 aliphatic carbocycles. The normalized spacial score (nSPS) is 10.9. The molecule has 0 amide bonds. The van der Waals surface area contributed by atoms with Crippen LogP contribution in [0.25, 0.3) is 0 Å². The highest BCUT2D eigenvalue weighted by Crippen LogP contribution is 2.24. The zero-order valence-corrected chi connectivity index (χ0v) is 9.78. The Morgan fingerprint density at radius 1 is 1.12 bits per heavy atom. The number of aliphatic imine (C=N–C) groups is 1. The summed E-state index contributed by atoms with van der Waals surface area (Å²) in [6, 6.07) is 8.95. The summed E-state index contributed by atoms with van der Waals surface area (Å²) in [6.07, 6.45) is 5.16. The van der Waals surface area contributed by atoms with Crippen LogP contribution in [0.3, 0.4) is 0 Å². The fourth-order valence-corrected chi connectivity index (χ4v) is 1.73. The van der Waals surface area contributed by atoms with Crippen molar-refractivity contribution in [2.24, 2.45) is 4.99 Å². The molecule has 0 saturated carbocycles. The molecule has 2 nitrogen and oxygen atoms in total. The maximum atomic E-state index is 5.86. The van der Waals surface area contributed by atoms with Gasteiger partial charge in [-0.25, -0.2) is 0 Å². The zero-order chi connectivity index (χ0) is 11.4. The Morgan fingerprint density at radius 3 is 2.50 bits per heavy atom. The van der Waals surface area contributed by atoms with Gasteiger partial charge in [-0.15, -0.1) is 0 Å². The topological polar surface area (TPSA) is 25.2 Å². The molecule has 0 saturated heterocycles. The van der Waals surface area contributed by atoms with Crippen LogP contribution in [0.1, 0.15) is 5.56 Å². The molecule has 0 N–H and O–H groups in total. The summed E-state index contributed by atoms with van der Waals surface area (Å²) in [5, 5.41) is 1.15. The van der Waals surface area contributed by atoms with E-state index in [1.807, 2.05) is 12.1 Å². The van der Waals surface area contributed by atoms with Crippen LogP contribution in [-0.4, -0.2) is 11.2 Å². The molecule has 0 fully saturated rings. The fourth-order valence-electron chi connectivity index (χ4n) is 1.22. The molecule has 0 aliphatic rings. The molecule has 2 aromatic rings. The lowest BCUT2D eigenvalue weighted by Crippen LogP contribution is -1.80. The molecule has 16 heavy (non-hydrogen) atoms. The predicted octanol–water partition coefficient (Wildman–Crippen LogP) is 4.14. The molecule has 0 spiro atoms. The number of pyridine rings is 1. The van der Waals surface area contributed by atoms with Crippen molar-refractivity contribution in [1.82, 2.24) is 4.98 Å². The third-order valence-corrected chi connectivity index (χ3v) is 2.33. The van der Waals surface area contributed by atoms with Gasteiger partial charge in [-0.3, -0.25) is 9.98 Å². The second kappa shape index (κ2) is 5.10. The molecular formula is C12H8Cl2N2. The number of aromatic nitrogens is 1. The van der Waals surface area contributed by atoms with Gasteiger partial charge in [0.2, 0.25) is 0 Å². The number of benzene rings is 1. The fraction of sp³-hybridized carbons (Fsp3) is 0. The van der Waals surface area contributed by atoms with Crippen LogP contribution < -0.4 is 0 Å². The van der Waals surface area contributed by atoms with Crippen molar-refractivity contribution < 1.29 is 0 Å². The highest BCUT2D eigenvalue weighted by Gasteiger charge is 1.95. The molecule has 1 aromatic carbocycles. The minimum Gasteiger partial charge on any atom is -0.264 e. The summed E-state index contributed by atoms with van der Waals surface area (Å²) in [4.78, 5) is 8.25. The second-order valence-electron chi connectivity index (χ2n) is 3.17. The van der Waals surface area contributed by atoms with Crippen molar-refractivity contribution in [2.75, 3.05) is 0 Å². The van der Waals surface area contributed by atoms with E-state index < -0.39 is 0 Å². The Bertz CT molecular complexity index is 489. The lowest BCUT2D eigenvalue weighted by Gasteiger charge is -1.96. The lowest BCUT2D eigenvalue weighted by molar-refractivity contribution is 1.32. The van der Waals surface area contributed by atoms with E-state index in [1.165, 1.54) is 0 Å². The Kier molecular flexibility index (Phi) is 3.54. The first kappa shape index (κ1) is 11.1. The van der Waals surface area contributed by atoms with Gasteiger partial charge in [0.05, 0.1) is 5.69 Å². The average molecular weight is 251 g/mol. The van der Waals surface area contributed by atoms with Crippen molar-refractivity contribution in [1.29, 1.82) is 0 Å². The Balaban J connectivity index is 2.24. The number of hydrogen-bond acceptors (Lipinski definition) is 2. The minimum absolute atomic E-state index is 0.575. The highest BCUT2D eigenvalue weighted by atomic mass is 35.5. The van der Waals surface area contributed by atoms with Gasteiger partial charge in [0, 0.05) is 34.2 Å². The van der Waals surface area contributed by atoms with Gasteiger partial charge in [0.1, 0.15) is 0 Å². The number of halogens is 2.